The van der Waals surface area contributed by atoms with Crippen LogP contribution in [-0.4, -0.2) is 37.2 Å². The number of fused-ring (bicyclic) bond motifs is 1. The number of nitrogens with zero attached hydrogens (tertiary/aromatic N) is 3. The summed E-state index contributed by atoms with van der Waals surface area (Å²) in [4.78, 5) is 11.5. The normalized spacial score (nSPS) is 16.9. The number of aliphatic imine (C=N–C) groups is 1. The van der Waals surface area contributed by atoms with Crippen LogP contribution < -0.4 is 16.0 Å². The number of guanidine groups is 1. The molecule has 0 unspecified atom stereocenters. The van der Waals surface area contributed by atoms with Gasteiger partial charge in [-0.15, -0.1) is 24.0 Å². The van der Waals surface area contributed by atoms with Gasteiger partial charge < -0.3 is 20.7 Å². The highest BCUT2D eigenvalue weighted by molar-refractivity contribution is 14.0. The smallest absolute Gasteiger partial charge is 0.193 e. The Morgan fingerprint density at radius 2 is 1.89 bits per heavy atom. The molecule has 1 aromatic heterocycles. The van der Waals surface area contributed by atoms with Gasteiger partial charge in [-0.3, -0.25) is 0 Å². The fourth-order valence-electron chi connectivity index (χ4n) is 3.77. The molecule has 1 fully saturated rings. The Morgan fingerprint density at radius 3 is 2.75 bits per heavy atom. The van der Waals surface area contributed by atoms with Crippen molar-refractivity contribution in [1.82, 2.24) is 4.98 Å². The van der Waals surface area contributed by atoms with Crippen LogP contribution in [0.4, 0.5) is 11.5 Å². The Balaban J connectivity index is 0.00000225. The van der Waals surface area contributed by atoms with Crippen molar-refractivity contribution in [2.75, 3.05) is 36.5 Å². The first-order chi connectivity index (χ1) is 13.3. The minimum absolute atomic E-state index is 0. The minimum atomic E-state index is 0. The second kappa shape index (κ2) is 10.1. The molecular formula is C21H28IN5O. The quantitative estimate of drug-likeness (QED) is 0.388. The number of hydrogen-bond acceptors (Lipinski definition) is 4. The SMILES string of the molecule is I.NC(=NCc1cccc(N2CCOCC2)n1)Nc1cccc2c1CCCC2. The number of nitrogens with two attached hydrogens (primary N) is 1. The fraction of sp³-hybridized carbons (Fsp3) is 0.429. The van der Waals surface area contributed by atoms with Crippen LogP contribution in [0.5, 0.6) is 0 Å². The summed E-state index contributed by atoms with van der Waals surface area (Å²) >= 11 is 0. The van der Waals surface area contributed by atoms with Crippen molar-refractivity contribution in [2.24, 2.45) is 10.7 Å². The molecule has 0 spiro atoms. The van der Waals surface area contributed by atoms with E-state index >= 15 is 0 Å². The third-order valence-electron chi connectivity index (χ3n) is 5.20. The summed E-state index contributed by atoms with van der Waals surface area (Å²) in [6.07, 6.45) is 4.77. The summed E-state index contributed by atoms with van der Waals surface area (Å²) in [5.74, 6) is 1.42. The Morgan fingerprint density at radius 1 is 1.11 bits per heavy atom. The number of halogens is 1. The lowest BCUT2D eigenvalue weighted by atomic mass is 9.90. The van der Waals surface area contributed by atoms with E-state index in [1.807, 2.05) is 18.2 Å². The van der Waals surface area contributed by atoms with Crippen LogP contribution in [-0.2, 0) is 24.1 Å². The third-order valence-corrected chi connectivity index (χ3v) is 5.20. The molecule has 2 heterocycles. The number of pyridine rings is 1. The van der Waals surface area contributed by atoms with E-state index in [0.29, 0.717) is 12.5 Å². The van der Waals surface area contributed by atoms with E-state index in [1.165, 1.54) is 24.0 Å². The van der Waals surface area contributed by atoms with Gasteiger partial charge in [0.15, 0.2) is 5.96 Å². The van der Waals surface area contributed by atoms with Crippen molar-refractivity contribution in [3.8, 4) is 0 Å². The van der Waals surface area contributed by atoms with Gasteiger partial charge in [-0.05, 0) is 55.0 Å². The zero-order chi connectivity index (χ0) is 18.5. The van der Waals surface area contributed by atoms with Gasteiger partial charge in [-0.2, -0.15) is 0 Å². The number of hydrogen-bond donors (Lipinski definition) is 2. The fourth-order valence-corrected chi connectivity index (χ4v) is 3.77. The molecule has 1 aliphatic heterocycles. The predicted molar refractivity (Wildman–Crippen MR) is 125 cm³/mol. The van der Waals surface area contributed by atoms with Crippen LogP contribution in [0.1, 0.15) is 29.7 Å². The van der Waals surface area contributed by atoms with Gasteiger partial charge in [-0.25, -0.2) is 9.98 Å². The summed E-state index contributed by atoms with van der Waals surface area (Å²) < 4.78 is 5.41. The molecule has 1 aromatic carbocycles. The van der Waals surface area contributed by atoms with E-state index in [-0.39, 0.29) is 24.0 Å². The zero-order valence-electron chi connectivity index (χ0n) is 16.1. The third kappa shape index (κ3) is 5.14. The van der Waals surface area contributed by atoms with E-state index < -0.39 is 0 Å². The van der Waals surface area contributed by atoms with Gasteiger partial charge in [0.1, 0.15) is 5.82 Å². The van der Waals surface area contributed by atoms with E-state index in [2.05, 4.69) is 33.4 Å². The zero-order valence-corrected chi connectivity index (χ0v) is 18.4. The first-order valence-electron chi connectivity index (χ1n) is 9.76. The molecule has 1 aliphatic carbocycles. The summed E-state index contributed by atoms with van der Waals surface area (Å²) in [5, 5.41) is 3.29. The molecule has 3 N–H and O–H groups in total. The minimum Gasteiger partial charge on any atom is -0.378 e. The molecule has 0 saturated carbocycles. The van der Waals surface area contributed by atoms with Crippen LogP contribution in [0.25, 0.3) is 0 Å². The molecule has 2 aromatic rings. The molecule has 0 bridgehead atoms. The van der Waals surface area contributed by atoms with Gasteiger partial charge in [0.2, 0.25) is 0 Å². The molecule has 0 radical (unpaired) electrons. The highest BCUT2D eigenvalue weighted by Crippen LogP contribution is 2.27. The molecule has 6 nitrogen and oxygen atoms in total. The second-order valence-electron chi connectivity index (χ2n) is 7.06. The first-order valence-corrected chi connectivity index (χ1v) is 9.76. The second-order valence-corrected chi connectivity index (χ2v) is 7.06. The Bertz CT molecular complexity index is 820. The highest BCUT2D eigenvalue weighted by Gasteiger charge is 2.14. The number of morpholine rings is 1. The van der Waals surface area contributed by atoms with Crippen molar-refractivity contribution < 1.29 is 4.74 Å². The number of anilines is 2. The number of nitrogens with one attached hydrogen (secondary N) is 1. The molecular weight excluding hydrogens is 465 g/mol. The number of aromatic nitrogens is 1. The molecule has 2 aliphatic rings. The number of rotatable bonds is 4. The molecule has 28 heavy (non-hydrogen) atoms. The maximum absolute atomic E-state index is 6.15. The number of benzene rings is 1. The van der Waals surface area contributed by atoms with Crippen LogP contribution in [0, 0.1) is 0 Å². The van der Waals surface area contributed by atoms with E-state index in [9.17, 15) is 0 Å². The lowest BCUT2D eigenvalue weighted by Gasteiger charge is -2.27. The van der Waals surface area contributed by atoms with Crippen LogP contribution in [0.15, 0.2) is 41.4 Å². The summed E-state index contributed by atoms with van der Waals surface area (Å²) in [6, 6.07) is 12.5. The molecule has 1 saturated heterocycles. The van der Waals surface area contributed by atoms with Crippen LogP contribution >= 0.6 is 24.0 Å². The van der Waals surface area contributed by atoms with Crippen LogP contribution in [0.3, 0.4) is 0 Å². The van der Waals surface area contributed by atoms with Gasteiger partial charge in [0, 0.05) is 18.8 Å². The summed E-state index contributed by atoms with van der Waals surface area (Å²) in [7, 11) is 0. The van der Waals surface area contributed by atoms with Crippen molar-refractivity contribution >= 4 is 41.4 Å². The monoisotopic (exact) mass is 493 g/mol. The lowest BCUT2D eigenvalue weighted by molar-refractivity contribution is 0.122. The van der Waals surface area contributed by atoms with Gasteiger partial charge in [0.25, 0.3) is 0 Å². The van der Waals surface area contributed by atoms with Crippen molar-refractivity contribution in [3.63, 3.8) is 0 Å². The molecule has 7 heteroatoms. The van der Waals surface area contributed by atoms with Gasteiger partial charge in [-0.1, -0.05) is 18.2 Å². The average Bonchev–Trinajstić information content (AvgIpc) is 2.73. The average molecular weight is 493 g/mol. The molecule has 0 atom stereocenters. The van der Waals surface area contributed by atoms with Crippen molar-refractivity contribution in [3.05, 3.63) is 53.2 Å². The van der Waals surface area contributed by atoms with Crippen molar-refractivity contribution in [1.29, 1.82) is 0 Å². The topological polar surface area (TPSA) is 75.8 Å². The first kappa shape index (κ1) is 20.9. The Labute approximate surface area is 183 Å². The van der Waals surface area contributed by atoms with E-state index in [1.54, 1.807) is 0 Å². The number of ether oxygens (including phenoxy) is 1. The number of aryl methyl sites for hydroxylation is 1. The largest absolute Gasteiger partial charge is 0.378 e. The van der Waals surface area contributed by atoms with Gasteiger partial charge >= 0.3 is 0 Å². The molecule has 4 rings (SSSR count). The maximum atomic E-state index is 6.15. The lowest BCUT2D eigenvalue weighted by Crippen LogP contribution is -2.36. The summed E-state index contributed by atoms with van der Waals surface area (Å²) in [6.45, 7) is 3.72. The predicted octanol–water partition coefficient (Wildman–Crippen LogP) is 3.34. The molecule has 0 amide bonds. The van der Waals surface area contributed by atoms with Crippen molar-refractivity contribution in [2.45, 2.75) is 32.2 Å². The maximum Gasteiger partial charge on any atom is 0.193 e. The standard InChI is InChI=1S/C21H27N5O.HI/c22-21(25-19-9-3-6-16-5-1-2-8-18(16)19)23-15-17-7-4-10-20(24-17)26-11-13-27-14-12-26;/h3-4,6-7,9-10H,1-2,5,8,11-15H2,(H3,22,23,25);1H. The van der Waals surface area contributed by atoms with E-state index in [0.717, 1.165) is 56.3 Å². The van der Waals surface area contributed by atoms with E-state index in [4.69, 9.17) is 15.5 Å². The van der Waals surface area contributed by atoms with Crippen LogP contribution in [0.2, 0.25) is 0 Å². The highest BCUT2D eigenvalue weighted by atomic mass is 127. The Kier molecular flexibility index (Phi) is 7.50. The van der Waals surface area contributed by atoms with Gasteiger partial charge in [0.05, 0.1) is 25.5 Å². The molecule has 150 valence electrons. The Hall–Kier alpha value is -1.87. The summed E-state index contributed by atoms with van der Waals surface area (Å²) in [5.41, 5.74) is 11.0.